The van der Waals surface area contributed by atoms with Gasteiger partial charge in [0.15, 0.2) is 0 Å². The largest absolute Gasteiger partial charge is 0.358 e. The van der Waals surface area contributed by atoms with E-state index in [4.69, 9.17) is 0 Å². The topological polar surface area (TPSA) is 45.2 Å². The number of rotatable bonds is 2. The molecule has 1 amide bonds. The predicted octanol–water partition coefficient (Wildman–Crippen LogP) is 1.95. The summed E-state index contributed by atoms with van der Waals surface area (Å²) in [5, 5.41) is 2.74. The van der Waals surface area contributed by atoms with Crippen LogP contribution in [0.25, 0.3) is 0 Å². The maximum atomic E-state index is 11.9. The Bertz CT molecular complexity index is 410. The van der Waals surface area contributed by atoms with Crippen LogP contribution in [0.2, 0.25) is 0 Å². The van der Waals surface area contributed by atoms with Gasteiger partial charge in [-0.2, -0.15) is 0 Å². The van der Waals surface area contributed by atoms with Crippen LogP contribution < -0.4 is 10.2 Å². The molecule has 5 heteroatoms. The summed E-state index contributed by atoms with van der Waals surface area (Å²) in [6.45, 7) is 0.913. The Morgan fingerprint density at radius 1 is 1.53 bits per heavy atom. The third-order valence-electron chi connectivity index (χ3n) is 3.07. The van der Waals surface area contributed by atoms with E-state index in [2.05, 4.69) is 31.1 Å². The molecule has 1 fully saturated rings. The molecule has 1 atom stereocenters. The zero-order chi connectivity index (χ0) is 12.3. The zero-order valence-electron chi connectivity index (χ0n) is 9.82. The average molecular weight is 298 g/mol. The fourth-order valence-electron chi connectivity index (χ4n) is 2.24. The van der Waals surface area contributed by atoms with Crippen molar-refractivity contribution in [3.8, 4) is 0 Å². The molecule has 0 radical (unpaired) electrons. The Morgan fingerprint density at radius 3 is 3.06 bits per heavy atom. The lowest BCUT2D eigenvalue weighted by Gasteiger charge is -2.36. The number of carbonyl (C=O) groups is 1. The highest BCUT2D eigenvalue weighted by Crippen LogP contribution is 2.26. The van der Waals surface area contributed by atoms with Crippen molar-refractivity contribution in [2.75, 3.05) is 18.5 Å². The molecule has 0 saturated carbocycles. The molecular formula is C12H16BrN3O. The van der Waals surface area contributed by atoms with Crippen molar-refractivity contribution < 1.29 is 4.79 Å². The second kappa shape index (κ2) is 5.49. The van der Waals surface area contributed by atoms with Crippen LogP contribution in [0.5, 0.6) is 0 Å². The number of hydrogen-bond acceptors (Lipinski definition) is 3. The summed E-state index contributed by atoms with van der Waals surface area (Å²) in [7, 11) is 1.69. The second-order valence-electron chi connectivity index (χ2n) is 4.18. The summed E-state index contributed by atoms with van der Waals surface area (Å²) in [6, 6.07) is 1.94. The number of likely N-dealkylation sites (N-methyl/N-ethyl adjacent to an activating group) is 1. The van der Waals surface area contributed by atoms with Gasteiger partial charge >= 0.3 is 0 Å². The number of nitrogens with one attached hydrogen (secondary N) is 1. The fraction of sp³-hybridized carbons (Fsp3) is 0.500. The Balaban J connectivity index is 2.24. The summed E-state index contributed by atoms with van der Waals surface area (Å²) < 4.78 is 0.941. The van der Waals surface area contributed by atoms with E-state index in [1.54, 1.807) is 13.2 Å². The number of halogens is 1. The van der Waals surface area contributed by atoms with Gasteiger partial charge in [0.2, 0.25) is 5.91 Å². The number of nitrogens with zero attached hydrogens (tertiary/aromatic N) is 2. The summed E-state index contributed by atoms with van der Waals surface area (Å²) in [5.74, 6) is 0.0877. The number of carbonyl (C=O) groups excluding carboxylic acids is 1. The Hall–Kier alpha value is -1.10. The standard InChI is InChI=1S/C12H16BrN3O/c1-14-12(17)11-4-2-3-5-16(11)10-6-9(13)7-15-8-10/h6-8,11H,2-5H2,1H3,(H,14,17). The van der Waals surface area contributed by atoms with Crippen LogP contribution in [-0.2, 0) is 4.79 Å². The fourth-order valence-corrected chi connectivity index (χ4v) is 2.59. The van der Waals surface area contributed by atoms with Gasteiger partial charge in [-0.1, -0.05) is 0 Å². The highest BCUT2D eigenvalue weighted by atomic mass is 79.9. The molecule has 1 saturated heterocycles. The molecular weight excluding hydrogens is 282 g/mol. The monoisotopic (exact) mass is 297 g/mol. The van der Waals surface area contributed by atoms with Gasteiger partial charge in [-0.3, -0.25) is 9.78 Å². The van der Waals surface area contributed by atoms with Crippen molar-refractivity contribution in [3.05, 3.63) is 22.9 Å². The smallest absolute Gasteiger partial charge is 0.242 e. The van der Waals surface area contributed by atoms with Crippen molar-refractivity contribution in [2.45, 2.75) is 25.3 Å². The number of pyridine rings is 1. The third kappa shape index (κ3) is 2.77. The van der Waals surface area contributed by atoms with E-state index in [1.165, 1.54) is 0 Å². The van der Waals surface area contributed by atoms with E-state index in [-0.39, 0.29) is 11.9 Å². The molecule has 2 rings (SSSR count). The molecule has 4 nitrogen and oxygen atoms in total. The van der Waals surface area contributed by atoms with Crippen molar-refractivity contribution >= 4 is 27.5 Å². The van der Waals surface area contributed by atoms with Gasteiger partial charge < -0.3 is 10.2 Å². The quantitative estimate of drug-likeness (QED) is 0.907. The van der Waals surface area contributed by atoms with Gasteiger partial charge in [0.25, 0.3) is 0 Å². The summed E-state index contributed by atoms with van der Waals surface area (Å²) in [6.07, 6.45) is 6.70. The van der Waals surface area contributed by atoms with E-state index < -0.39 is 0 Å². The van der Waals surface area contributed by atoms with Gasteiger partial charge in [-0.25, -0.2) is 0 Å². The normalized spacial score (nSPS) is 20.1. The first-order chi connectivity index (χ1) is 8.22. The van der Waals surface area contributed by atoms with Crippen molar-refractivity contribution in [1.29, 1.82) is 0 Å². The molecule has 1 N–H and O–H groups in total. The van der Waals surface area contributed by atoms with Gasteiger partial charge in [-0.05, 0) is 41.3 Å². The van der Waals surface area contributed by atoms with Crippen LogP contribution in [0.3, 0.4) is 0 Å². The number of anilines is 1. The van der Waals surface area contributed by atoms with E-state index in [1.807, 2.05) is 12.3 Å². The lowest BCUT2D eigenvalue weighted by molar-refractivity contribution is -0.122. The first-order valence-corrected chi connectivity index (χ1v) is 6.60. The van der Waals surface area contributed by atoms with Crippen LogP contribution in [0.4, 0.5) is 5.69 Å². The molecule has 17 heavy (non-hydrogen) atoms. The van der Waals surface area contributed by atoms with Crippen molar-refractivity contribution in [3.63, 3.8) is 0 Å². The minimum Gasteiger partial charge on any atom is -0.358 e. The molecule has 1 aromatic rings. The summed E-state index contributed by atoms with van der Waals surface area (Å²) >= 11 is 3.41. The molecule has 2 heterocycles. The van der Waals surface area contributed by atoms with E-state index in [9.17, 15) is 4.79 Å². The lowest BCUT2D eigenvalue weighted by atomic mass is 10.0. The van der Waals surface area contributed by atoms with Crippen LogP contribution in [-0.4, -0.2) is 30.5 Å². The van der Waals surface area contributed by atoms with Gasteiger partial charge in [-0.15, -0.1) is 0 Å². The molecule has 92 valence electrons. The van der Waals surface area contributed by atoms with Gasteiger partial charge in [0, 0.05) is 24.3 Å². The van der Waals surface area contributed by atoms with E-state index >= 15 is 0 Å². The van der Waals surface area contributed by atoms with Crippen LogP contribution >= 0.6 is 15.9 Å². The molecule has 1 unspecified atom stereocenters. The highest BCUT2D eigenvalue weighted by molar-refractivity contribution is 9.10. The second-order valence-corrected chi connectivity index (χ2v) is 5.10. The summed E-state index contributed by atoms with van der Waals surface area (Å²) in [4.78, 5) is 18.1. The Kier molecular flexibility index (Phi) is 3.99. The Labute approximate surface area is 110 Å². The summed E-state index contributed by atoms with van der Waals surface area (Å²) in [5.41, 5.74) is 1.01. The molecule has 0 spiro atoms. The SMILES string of the molecule is CNC(=O)C1CCCCN1c1cncc(Br)c1. The molecule has 1 aliphatic rings. The lowest BCUT2D eigenvalue weighted by Crippen LogP contribution is -2.48. The third-order valence-corrected chi connectivity index (χ3v) is 3.51. The molecule has 0 aromatic carbocycles. The zero-order valence-corrected chi connectivity index (χ0v) is 11.4. The maximum Gasteiger partial charge on any atom is 0.242 e. The molecule has 0 bridgehead atoms. The van der Waals surface area contributed by atoms with Crippen molar-refractivity contribution in [2.24, 2.45) is 0 Å². The van der Waals surface area contributed by atoms with E-state index in [0.29, 0.717) is 0 Å². The molecule has 1 aliphatic heterocycles. The first kappa shape index (κ1) is 12.4. The maximum absolute atomic E-state index is 11.9. The number of hydrogen-bond donors (Lipinski definition) is 1. The highest BCUT2D eigenvalue weighted by Gasteiger charge is 2.28. The Morgan fingerprint density at radius 2 is 2.35 bits per heavy atom. The minimum absolute atomic E-state index is 0.0650. The minimum atomic E-state index is -0.0650. The van der Waals surface area contributed by atoms with Crippen molar-refractivity contribution in [1.82, 2.24) is 10.3 Å². The van der Waals surface area contributed by atoms with Gasteiger partial charge in [0.1, 0.15) is 6.04 Å². The van der Waals surface area contributed by atoms with E-state index in [0.717, 1.165) is 36.0 Å². The number of aromatic nitrogens is 1. The number of amides is 1. The van der Waals surface area contributed by atoms with Crippen LogP contribution in [0.15, 0.2) is 22.9 Å². The molecule has 1 aromatic heterocycles. The molecule has 0 aliphatic carbocycles. The predicted molar refractivity (Wildman–Crippen MR) is 71.0 cm³/mol. The van der Waals surface area contributed by atoms with Gasteiger partial charge in [0.05, 0.1) is 11.9 Å². The van der Waals surface area contributed by atoms with Crippen LogP contribution in [0, 0.1) is 0 Å². The number of piperidine rings is 1. The van der Waals surface area contributed by atoms with Crippen LogP contribution in [0.1, 0.15) is 19.3 Å². The average Bonchev–Trinajstić information content (AvgIpc) is 2.38. The first-order valence-electron chi connectivity index (χ1n) is 5.81.